The van der Waals surface area contributed by atoms with Gasteiger partial charge in [-0.1, -0.05) is 0 Å². The summed E-state index contributed by atoms with van der Waals surface area (Å²) in [7, 11) is 0. The molecule has 0 N–H and O–H groups in total. The Kier molecular flexibility index (Phi) is 4.88. The van der Waals surface area contributed by atoms with Crippen molar-refractivity contribution < 1.29 is 24.2 Å². The number of nitrogens with zero attached hydrogens (tertiary/aromatic N) is 1. The largest absolute Gasteiger partial charge is 0 e. The van der Waals surface area contributed by atoms with Gasteiger partial charge in [-0.15, -0.1) is 0 Å². The van der Waals surface area contributed by atoms with E-state index in [1.54, 1.807) is 6.07 Å². The zero-order valence-corrected chi connectivity index (χ0v) is 18.5. The molecule has 1 radical (unpaired) electrons. The van der Waals surface area contributed by atoms with Gasteiger partial charge in [0.25, 0.3) is 0 Å². The average molecular weight is 556 g/mol. The normalized spacial score (nSPS) is 13.4. The van der Waals surface area contributed by atoms with E-state index in [4.69, 9.17) is 4.11 Å². The number of hydrogen-bond donors (Lipinski definition) is 0. The molecule has 3 aromatic rings. The minimum absolute atomic E-state index is 0. The van der Waals surface area contributed by atoms with Crippen molar-refractivity contribution in [3.05, 3.63) is 72.4 Å². The molecule has 24 heavy (non-hydrogen) atoms. The van der Waals surface area contributed by atoms with Gasteiger partial charge < -0.3 is 0 Å². The van der Waals surface area contributed by atoms with Crippen LogP contribution in [0.2, 0.25) is 17.3 Å². The zero-order valence-electron chi connectivity index (χ0n) is 17.1. The molecule has 1 nitrogen and oxygen atoms in total. The first-order chi connectivity index (χ1) is 12.2. The van der Waals surface area contributed by atoms with E-state index in [1.165, 1.54) is 4.40 Å². The van der Waals surface area contributed by atoms with Gasteiger partial charge in [-0.05, 0) is 0 Å². The van der Waals surface area contributed by atoms with E-state index >= 15 is 0 Å². The number of benzene rings is 2. The summed E-state index contributed by atoms with van der Waals surface area (Å²) < 4.78 is 24.9. The number of rotatable bonds is 3. The molecule has 0 unspecified atom stereocenters. The van der Waals surface area contributed by atoms with Crippen LogP contribution in [-0.4, -0.2) is 18.3 Å². The summed E-state index contributed by atoms with van der Waals surface area (Å²) in [5.74, 6) is 7.00. The first kappa shape index (κ1) is 15.1. The Morgan fingerprint density at radius 1 is 1.04 bits per heavy atom. The van der Waals surface area contributed by atoms with E-state index in [-0.39, 0.29) is 20.1 Å². The smallest absolute Gasteiger partial charge is 0 e. The minimum atomic E-state index is -2.18. The van der Waals surface area contributed by atoms with Crippen molar-refractivity contribution in [1.29, 1.82) is 0 Å². The van der Waals surface area contributed by atoms with Gasteiger partial charge in [-0.3, -0.25) is 0 Å². The summed E-state index contributed by atoms with van der Waals surface area (Å²) in [6, 6.07) is 20.4. The second kappa shape index (κ2) is 7.78. The number of hydrogen-bond acceptors (Lipinski definition) is 1. The summed E-state index contributed by atoms with van der Waals surface area (Å²) >= 11 is -1.91. The molecule has 1 aromatic heterocycles. The van der Waals surface area contributed by atoms with Crippen LogP contribution in [-0.2, 0) is 20.1 Å². The second-order valence-corrected chi connectivity index (χ2v) is 17.4. The fraction of sp³-hybridized carbons (Fsp3) is 0.190. The summed E-state index contributed by atoms with van der Waals surface area (Å²) in [6.45, 7) is -2.18. The summed E-state index contributed by atoms with van der Waals surface area (Å²) in [4.78, 5) is 4.62. The Bertz CT molecular complexity index is 901. The molecular formula is C21H22GeIrN-. The number of aryl methyl sites for hydroxylation is 1. The van der Waals surface area contributed by atoms with Gasteiger partial charge in [0.15, 0.2) is 0 Å². The number of aromatic nitrogens is 1. The predicted molar refractivity (Wildman–Crippen MR) is 102 cm³/mol. The van der Waals surface area contributed by atoms with Crippen molar-refractivity contribution in [3.63, 3.8) is 0 Å². The fourth-order valence-electron chi connectivity index (χ4n) is 2.49. The Labute approximate surface area is 165 Å². The third-order valence-corrected chi connectivity index (χ3v) is 8.20. The van der Waals surface area contributed by atoms with Gasteiger partial charge in [-0.25, -0.2) is 0 Å². The predicted octanol–water partition coefficient (Wildman–Crippen LogP) is 5.07. The molecule has 0 aliphatic rings. The van der Waals surface area contributed by atoms with Crippen LogP contribution in [0.4, 0.5) is 0 Å². The molecule has 0 fully saturated rings. The molecule has 0 atom stereocenters. The SMILES string of the molecule is [2H]C([2H])([2H])c1c[c-]c(-c2cc[c]([Ge]([CH3])([CH3])[CH3])cn2)cc1-c1ccccc1.[Ir]. The first-order valence-corrected chi connectivity index (χ1v) is 15.1. The van der Waals surface area contributed by atoms with Gasteiger partial charge in [0.2, 0.25) is 0 Å². The van der Waals surface area contributed by atoms with E-state index in [2.05, 4.69) is 34.4 Å². The molecule has 0 spiro atoms. The topological polar surface area (TPSA) is 12.9 Å². The van der Waals surface area contributed by atoms with Crippen LogP contribution in [0.25, 0.3) is 22.4 Å². The monoisotopic (exact) mass is 558 g/mol. The molecule has 0 aliphatic carbocycles. The van der Waals surface area contributed by atoms with Gasteiger partial charge in [0, 0.05) is 20.1 Å². The van der Waals surface area contributed by atoms with Crippen LogP contribution in [0.1, 0.15) is 9.68 Å². The minimum Gasteiger partial charge on any atom is 0 e. The van der Waals surface area contributed by atoms with E-state index in [9.17, 15) is 0 Å². The van der Waals surface area contributed by atoms with Gasteiger partial charge in [-0.2, -0.15) is 0 Å². The van der Waals surface area contributed by atoms with E-state index in [1.807, 2.05) is 48.7 Å². The molecule has 0 saturated carbocycles. The maximum absolute atomic E-state index is 7.84. The summed E-state index contributed by atoms with van der Waals surface area (Å²) in [5.41, 5.74) is 3.53. The second-order valence-electron chi connectivity index (χ2n) is 6.72. The molecule has 0 aliphatic heterocycles. The van der Waals surface area contributed by atoms with Crippen molar-refractivity contribution in [2.45, 2.75) is 24.1 Å². The number of pyridine rings is 1. The fourth-order valence-corrected chi connectivity index (χ4v) is 4.66. The van der Waals surface area contributed by atoms with Crippen LogP contribution in [0, 0.1) is 12.9 Å². The Balaban J connectivity index is 0.00000261. The zero-order chi connectivity index (χ0) is 18.9. The van der Waals surface area contributed by atoms with Crippen LogP contribution in [0.5, 0.6) is 0 Å². The molecule has 125 valence electrons. The van der Waals surface area contributed by atoms with Crippen LogP contribution in [0.15, 0.2) is 60.8 Å². The Morgan fingerprint density at radius 2 is 1.79 bits per heavy atom. The third-order valence-electron chi connectivity index (χ3n) is 3.94. The molecule has 0 bridgehead atoms. The van der Waals surface area contributed by atoms with Crippen molar-refractivity contribution in [1.82, 2.24) is 4.98 Å². The third kappa shape index (κ3) is 4.24. The summed E-state index contributed by atoms with van der Waals surface area (Å²) in [5, 5.41) is 0. The summed E-state index contributed by atoms with van der Waals surface area (Å²) in [6.07, 6.45) is 1.96. The Hall–Kier alpha value is -1.22. The molecular weight excluding hydrogens is 531 g/mol. The maximum Gasteiger partial charge on any atom is 0 e. The van der Waals surface area contributed by atoms with Crippen LogP contribution >= 0.6 is 0 Å². The van der Waals surface area contributed by atoms with Crippen LogP contribution < -0.4 is 4.40 Å². The Morgan fingerprint density at radius 3 is 2.38 bits per heavy atom. The first-order valence-electron chi connectivity index (χ1n) is 9.25. The van der Waals surface area contributed by atoms with Crippen LogP contribution in [0.3, 0.4) is 0 Å². The molecule has 1 heterocycles. The van der Waals surface area contributed by atoms with Gasteiger partial charge in [0.05, 0.1) is 0 Å². The van der Waals surface area contributed by atoms with E-state index < -0.39 is 20.1 Å². The molecule has 0 saturated heterocycles. The van der Waals surface area contributed by atoms with Gasteiger partial charge >= 0.3 is 146 Å². The molecule has 2 aromatic carbocycles. The van der Waals surface area contributed by atoms with Crippen molar-refractivity contribution in [3.8, 4) is 22.4 Å². The van der Waals surface area contributed by atoms with E-state index in [0.717, 1.165) is 16.8 Å². The average Bonchev–Trinajstić information content (AvgIpc) is 2.60. The maximum atomic E-state index is 7.84. The van der Waals surface area contributed by atoms with Crippen molar-refractivity contribution >= 4 is 17.7 Å². The van der Waals surface area contributed by atoms with E-state index in [0.29, 0.717) is 11.1 Å². The quantitative estimate of drug-likeness (QED) is 0.325. The van der Waals surface area contributed by atoms with Crippen molar-refractivity contribution in [2.75, 3.05) is 0 Å². The molecule has 3 rings (SSSR count). The van der Waals surface area contributed by atoms with Crippen molar-refractivity contribution in [2.24, 2.45) is 0 Å². The standard InChI is InChI=1S/C21H22GeN.Ir/c1-16-10-11-18(14-20(16)17-8-6-5-7-9-17)21-13-12-19(15-23-21)22(2,3)4;/h5-10,12-15H,1-4H3;/q-1;/i1D3;. The molecule has 0 amide bonds. The molecule has 3 heteroatoms. The van der Waals surface area contributed by atoms with Gasteiger partial charge in [0.1, 0.15) is 0 Å².